The van der Waals surface area contributed by atoms with Crippen molar-refractivity contribution in [3.8, 4) is 0 Å². The van der Waals surface area contributed by atoms with Gasteiger partial charge in [-0.05, 0) is 27.2 Å². The lowest BCUT2D eigenvalue weighted by molar-refractivity contribution is -0.109. The highest BCUT2D eigenvalue weighted by molar-refractivity contribution is 5.75. The molecule has 7 nitrogen and oxygen atoms in total. The summed E-state index contributed by atoms with van der Waals surface area (Å²) in [6.45, 7) is 12.7. The second-order valence-electron chi connectivity index (χ2n) is 8.95. The highest BCUT2D eigenvalue weighted by atomic mass is 16.6. The van der Waals surface area contributed by atoms with E-state index >= 15 is 0 Å². The SMILES string of the molecule is CC(C)(C)OC(=O)N1CCN(C(=O)N[C@@H]2[C@@H]3CCO[C@H]3C2(C)C)CC1. The van der Waals surface area contributed by atoms with Gasteiger partial charge in [0.25, 0.3) is 0 Å². The molecule has 0 unspecified atom stereocenters. The van der Waals surface area contributed by atoms with E-state index in [1.807, 2.05) is 20.8 Å². The molecule has 3 aliphatic rings. The number of urea groups is 1. The van der Waals surface area contributed by atoms with Crippen molar-refractivity contribution in [1.29, 1.82) is 0 Å². The van der Waals surface area contributed by atoms with E-state index in [0.29, 0.717) is 32.1 Å². The van der Waals surface area contributed by atoms with Crippen LogP contribution in [-0.4, -0.2) is 72.5 Å². The van der Waals surface area contributed by atoms with E-state index in [4.69, 9.17) is 9.47 Å². The zero-order valence-corrected chi connectivity index (χ0v) is 16.0. The van der Waals surface area contributed by atoms with Gasteiger partial charge in [0.05, 0.1) is 6.10 Å². The van der Waals surface area contributed by atoms with Gasteiger partial charge in [0.1, 0.15) is 5.60 Å². The maximum absolute atomic E-state index is 12.6. The summed E-state index contributed by atoms with van der Waals surface area (Å²) >= 11 is 0. The lowest BCUT2D eigenvalue weighted by Gasteiger charge is -2.55. The summed E-state index contributed by atoms with van der Waals surface area (Å²) in [7, 11) is 0. The van der Waals surface area contributed by atoms with Gasteiger partial charge in [0.15, 0.2) is 0 Å². The summed E-state index contributed by atoms with van der Waals surface area (Å²) in [4.78, 5) is 28.2. The molecule has 1 saturated carbocycles. The molecule has 25 heavy (non-hydrogen) atoms. The first-order chi connectivity index (χ1) is 11.6. The Morgan fingerprint density at radius 3 is 2.32 bits per heavy atom. The number of carbonyl (C=O) groups is 2. The minimum atomic E-state index is -0.499. The molecule has 0 aromatic carbocycles. The summed E-state index contributed by atoms with van der Waals surface area (Å²) < 4.78 is 11.2. The van der Waals surface area contributed by atoms with Crippen molar-refractivity contribution in [3.05, 3.63) is 0 Å². The number of nitrogens with one attached hydrogen (secondary N) is 1. The highest BCUT2D eigenvalue weighted by Crippen LogP contribution is 2.52. The van der Waals surface area contributed by atoms with E-state index in [-0.39, 0.29) is 29.7 Å². The molecule has 0 radical (unpaired) electrons. The van der Waals surface area contributed by atoms with Gasteiger partial charge in [-0.2, -0.15) is 0 Å². The Balaban J connectivity index is 1.48. The molecule has 1 aliphatic carbocycles. The van der Waals surface area contributed by atoms with Crippen molar-refractivity contribution in [2.45, 2.75) is 58.8 Å². The third kappa shape index (κ3) is 3.57. The number of hydrogen-bond donors (Lipinski definition) is 1. The molecule has 1 N–H and O–H groups in total. The van der Waals surface area contributed by atoms with Crippen LogP contribution in [0.25, 0.3) is 0 Å². The molecule has 0 spiro atoms. The lowest BCUT2D eigenvalue weighted by Crippen LogP contribution is -2.68. The molecular formula is C18H31N3O4. The maximum Gasteiger partial charge on any atom is 0.410 e. The molecule has 2 aliphatic heterocycles. The van der Waals surface area contributed by atoms with Crippen molar-refractivity contribution in [2.24, 2.45) is 11.3 Å². The smallest absolute Gasteiger partial charge is 0.410 e. The van der Waals surface area contributed by atoms with Crippen LogP contribution in [-0.2, 0) is 9.47 Å². The van der Waals surface area contributed by atoms with Gasteiger partial charge in [-0.3, -0.25) is 0 Å². The molecule has 142 valence electrons. The van der Waals surface area contributed by atoms with Crippen molar-refractivity contribution in [2.75, 3.05) is 32.8 Å². The average Bonchev–Trinajstić information content (AvgIpc) is 2.98. The van der Waals surface area contributed by atoms with E-state index in [0.717, 1.165) is 13.0 Å². The molecule has 0 aromatic rings. The normalized spacial score (nSPS) is 31.2. The van der Waals surface area contributed by atoms with Gasteiger partial charge >= 0.3 is 12.1 Å². The van der Waals surface area contributed by atoms with Gasteiger partial charge in [-0.1, -0.05) is 13.8 Å². The van der Waals surface area contributed by atoms with Crippen LogP contribution in [0.4, 0.5) is 9.59 Å². The molecule has 0 bridgehead atoms. The second kappa shape index (κ2) is 6.34. The van der Waals surface area contributed by atoms with Gasteiger partial charge in [0.2, 0.25) is 0 Å². The summed E-state index contributed by atoms with van der Waals surface area (Å²) in [6.07, 6.45) is 0.978. The Labute approximate surface area is 150 Å². The molecule has 2 saturated heterocycles. The number of nitrogens with zero attached hydrogens (tertiary/aromatic N) is 2. The van der Waals surface area contributed by atoms with E-state index in [2.05, 4.69) is 19.2 Å². The molecule has 3 amide bonds. The van der Waals surface area contributed by atoms with E-state index < -0.39 is 5.60 Å². The number of amides is 3. The van der Waals surface area contributed by atoms with Gasteiger partial charge in [-0.25, -0.2) is 9.59 Å². The minimum Gasteiger partial charge on any atom is -0.444 e. The summed E-state index contributed by atoms with van der Waals surface area (Å²) in [6, 6.07) is 0.128. The van der Waals surface area contributed by atoms with Crippen molar-refractivity contribution >= 4 is 12.1 Å². The Morgan fingerprint density at radius 2 is 1.72 bits per heavy atom. The molecule has 2 heterocycles. The third-order valence-electron chi connectivity index (χ3n) is 5.60. The number of ether oxygens (including phenoxy) is 2. The Morgan fingerprint density at radius 1 is 1.12 bits per heavy atom. The van der Waals surface area contributed by atoms with Gasteiger partial charge in [-0.15, -0.1) is 0 Å². The van der Waals surface area contributed by atoms with Crippen LogP contribution < -0.4 is 5.32 Å². The van der Waals surface area contributed by atoms with E-state index in [1.54, 1.807) is 9.80 Å². The predicted octanol–water partition coefficient (Wildman–Crippen LogP) is 2.06. The topological polar surface area (TPSA) is 71.1 Å². The molecule has 3 atom stereocenters. The molecular weight excluding hydrogens is 322 g/mol. The van der Waals surface area contributed by atoms with Crippen molar-refractivity contribution in [1.82, 2.24) is 15.1 Å². The lowest BCUT2D eigenvalue weighted by atomic mass is 9.57. The minimum absolute atomic E-state index is 0.0187. The van der Waals surface area contributed by atoms with Crippen LogP contribution in [0.5, 0.6) is 0 Å². The van der Waals surface area contributed by atoms with Crippen LogP contribution >= 0.6 is 0 Å². The summed E-state index contributed by atoms with van der Waals surface area (Å²) in [5, 5.41) is 3.20. The Kier molecular flexibility index (Phi) is 4.64. The first-order valence-corrected chi connectivity index (χ1v) is 9.24. The second-order valence-corrected chi connectivity index (χ2v) is 8.95. The molecule has 3 rings (SSSR count). The van der Waals surface area contributed by atoms with Crippen LogP contribution in [0.15, 0.2) is 0 Å². The predicted molar refractivity (Wildman–Crippen MR) is 93.3 cm³/mol. The monoisotopic (exact) mass is 353 g/mol. The van der Waals surface area contributed by atoms with Gasteiger partial charge < -0.3 is 24.6 Å². The fourth-order valence-corrected chi connectivity index (χ4v) is 4.26. The van der Waals surface area contributed by atoms with Crippen LogP contribution in [0.1, 0.15) is 41.0 Å². The highest BCUT2D eigenvalue weighted by Gasteiger charge is 2.60. The number of rotatable bonds is 1. The van der Waals surface area contributed by atoms with E-state index in [1.165, 1.54) is 0 Å². The largest absolute Gasteiger partial charge is 0.444 e. The summed E-state index contributed by atoms with van der Waals surface area (Å²) in [5.74, 6) is 0.432. The van der Waals surface area contributed by atoms with Crippen LogP contribution in [0.2, 0.25) is 0 Å². The molecule has 0 aromatic heterocycles. The van der Waals surface area contributed by atoms with E-state index in [9.17, 15) is 9.59 Å². The number of carbonyl (C=O) groups excluding carboxylic acids is 2. The number of hydrogen-bond acceptors (Lipinski definition) is 4. The first-order valence-electron chi connectivity index (χ1n) is 9.24. The fourth-order valence-electron chi connectivity index (χ4n) is 4.26. The fraction of sp³-hybridized carbons (Fsp3) is 0.889. The average molecular weight is 353 g/mol. The number of piperazine rings is 1. The number of fused-ring (bicyclic) bond motifs is 1. The third-order valence-corrected chi connectivity index (χ3v) is 5.60. The Hall–Kier alpha value is -1.50. The molecule has 3 fully saturated rings. The van der Waals surface area contributed by atoms with Crippen LogP contribution in [0, 0.1) is 11.3 Å². The van der Waals surface area contributed by atoms with Crippen molar-refractivity contribution < 1.29 is 19.1 Å². The maximum atomic E-state index is 12.6. The first kappa shape index (κ1) is 18.3. The Bertz CT molecular complexity index is 535. The standard InChI is InChI=1S/C18H31N3O4/c1-17(2,3)25-16(23)21-9-7-20(8-10-21)15(22)19-13-12-6-11-24-14(12)18(13,4)5/h12-14H,6-11H2,1-5H3,(H,19,22)/t12-,13+,14+/m0/s1. The van der Waals surface area contributed by atoms with Crippen molar-refractivity contribution in [3.63, 3.8) is 0 Å². The zero-order chi connectivity index (χ0) is 18.4. The quantitative estimate of drug-likeness (QED) is 0.783. The molecule has 7 heteroatoms. The zero-order valence-electron chi connectivity index (χ0n) is 16.0. The van der Waals surface area contributed by atoms with Crippen LogP contribution in [0.3, 0.4) is 0 Å². The summed E-state index contributed by atoms with van der Waals surface area (Å²) in [5.41, 5.74) is -0.517. The van der Waals surface area contributed by atoms with Gasteiger partial charge in [0, 0.05) is 50.2 Å².